The largest absolute Gasteiger partial charge is 0.356 e. The summed E-state index contributed by atoms with van der Waals surface area (Å²) in [7, 11) is 0. The van der Waals surface area contributed by atoms with Gasteiger partial charge in [-0.25, -0.2) is 0 Å². The zero-order valence-corrected chi connectivity index (χ0v) is 11.5. The summed E-state index contributed by atoms with van der Waals surface area (Å²) in [5.74, 6) is -0.112. The standard InChI is InChI=1S/C14H21N3O2/c1-3-16-13(18)8-9-15-10-14(19)17-12-7-5-4-6-11(12)2/h4-7,15H,3,8-10H2,1-2H3,(H,16,18)(H,17,19). The molecule has 0 aliphatic heterocycles. The fourth-order valence-electron chi connectivity index (χ4n) is 1.60. The lowest BCUT2D eigenvalue weighted by Crippen LogP contribution is -2.32. The molecule has 0 bridgehead atoms. The quantitative estimate of drug-likeness (QED) is 0.644. The topological polar surface area (TPSA) is 70.2 Å². The van der Waals surface area contributed by atoms with Crippen LogP contribution in [0.4, 0.5) is 5.69 Å². The molecule has 0 spiro atoms. The molecule has 0 atom stereocenters. The summed E-state index contributed by atoms with van der Waals surface area (Å²) in [6.45, 7) is 5.15. The second kappa shape index (κ2) is 8.26. The molecule has 0 aromatic heterocycles. The van der Waals surface area contributed by atoms with Crippen LogP contribution in [0.15, 0.2) is 24.3 Å². The molecule has 5 nitrogen and oxygen atoms in total. The van der Waals surface area contributed by atoms with Crippen molar-refractivity contribution >= 4 is 17.5 Å². The first kappa shape index (κ1) is 15.2. The zero-order valence-electron chi connectivity index (χ0n) is 11.5. The summed E-state index contributed by atoms with van der Waals surface area (Å²) in [5.41, 5.74) is 1.84. The van der Waals surface area contributed by atoms with Crippen molar-refractivity contribution in [3.8, 4) is 0 Å². The molecule has 5 heteroatoms. The van der Waals surface area contributed by atoms with Gasteiger partial charge in [-0.05, 0) is 25.5 Å². The number of nitrogens with one attached hydrogen (secondary N) is 3. The van der Waals surface area contributed by atoms with Crippen LogP contribution in [-0.4, -0.2) is 31.4 Å². The van der Waals surface area contributed by atoms with Crippen molar-refractivity contribution in [2.45, 2.75) is 20.3 Å². The van der Waals surface area contributed by atoms with Gasteiger partial charge >= 0.3 is 0 Å². The molecular weight excluding hydrogens is 242 g/mol. The molecule has 1 aromatic rings. The highest BCUT2D eigenvalue weighted by Gasteiger charge is 2.04. The Labute approximate surface area is 113 Å². The van der Waals surface area contributed by atoms with Crippen molar-refractivity contribution in [1.29, 1.82) is 0 Å². The maximum Gasteiger partial charge on any atom is 0.238 e. The second-order valence-electron chi connectivity index (χ2n) is 4.24. The van der Waals surface area contributed by atoms with Crippen molar-refractivity contribution in [2.75, 3.05) is 25.0 Å². The van der Waals surface area contributed by atoms with Gasteiger partial charge in [-0.1, -0.05) is 18.2 Å². The Morgan fingerprint density at radius 3 is 2.58 bits per heavy atom. The molecule has 0 heterocycles. The summed E-state index contributed by atoms with van der Waals surface area (Å²) in [6, 6.07) is 7.61. The van der Waals surface area contributed by atoms with Crippen LogP contribution in [-0.2, 0) is 9.59 Å². The number of anilines is 1. The SMILES string of the molecule is CCNC(=O)CCNCC(=O)Nc1ccccc1C. The molecule has 1 aromatic carbocycles. The molecule has 0 aliphatic carbocycles. The Kier molecular flexibility index (Phi) is 6.60. The van der Waals surface area contributed by atoms with Crippen LogP contribution in [0.2, 0.25) is 0 Å². The fraction of sp³-hybridized carbons (Fsp3) is 0.429. The van der Waals surface area contributed by atoms with Crippen LogP contribution >= 0.6 is 0 Å². The van der Waals surface area contributed by atoms with E-state index in [9.17, 15) is 9.59 Å². The van der Waals surface area contributed by atoms with Gasteiger partial charge in [0.25, 0.3) is 0 Å². The van der Waals surface area contributed by atoms with Crippen LogP contribution in [0.5, 0.6) is 0 Å². The Bertz CT molecular complexity index is 432. The van der Waals surface area contributed by atoms with Crippen molar-refractivity contribution in [1.82, 2.24) is 10.6 Å². The predicted octanol–water partition coefficient (Wildman–Crippen LogP) is 1.05. The molecule has 0 saturated carbocycles. The van der Waals surface area contributed by atoms with Gasteiger partial charge in [0.2, 0.25) is 11.8 Å². The van der Waals surface area contributed by atoms with E-state index in [1.54, 1.807) is 0 Å². The first-order chi connectivity index (χ1) is 9.13. The molecule has 19 heavy (non-hydrogen) atoms. The molecule has 0 aliphatic rings. The molecular formula is C14H21N3O2. The van der Waals surface area contributed by atoms with E-state index in [1.165, 1.54) is 0 Å². The summed E-state index contributed by atoms with van der Waals surface area (Å²) >= 11 is 0. The molecule has 0 radical (unpaired) electrons. The highest BCUT2D eigenvalue weighted by Crippen LogP contribution is 2.12. The molecule has 1 rings (SSSR count). The average Bonchev–Trinajstić information content (AvgIpc) is 2.38. The van der Waals surface area contributed by atoms with Gasteiger partial charge < -0.3 is 16.0 Å². The number of carbonyl (C=O) groups is 2. The van der Waals surface area contributed by atoms with E-state index < -0.39 is 0 Å². The number of amides is 2. The highest BCUT2D eigenvalue weighted by atomic mass is 16.2. The summed E-state index contributed by atoms with van der Waals surface area (Å²) in [4.78, 5) is 22.8. The van der Waals surface area contributed by atoms with E-state index in [0.717, 1.165) is 11.3 Å². The maximum absolute atomic E-state index is 11.7. The third-order valence-corrected chi connectivity index (χ3v) is 2.61. The van der Waals surface area contributed by atoms with Crippen molar-refractivity contribution < 1.29 is 9.59 Å². The number of hydrogen-bond acceptors (Lipinski definition) is 3. The Hall–Kier alpha value is -1.88. The molecule has 3 N–H and O–H groups in total. The third kappa shape index (κ3) is 6.01. The van der Waals surface area contributed by atoms with Gasteiger partial charge in [-0.3, -0.25) is 9.59 Å². The maximum atomic E-state index is 11.7. The average molecular weight is 263 g/mol. The molecule has 0 unspecified atom stereocenters. The van der Waals surface area contributed by atoms with Crippen molar-refractivity contribution in [3.05, 3.63) is 29.8 Å². The van der Waals surface area contributed by atoms with Gasteiger partial charge in [0.1, 0.15) is 0 Å². The summed E-state index contributed by atoms with van der Waals surface area (Å²) in [6.07, 6.45) is 0.380. The van der Waals surface area contributed by atoms with Crippen LogP contribution in [0, 0.1) is 6.92 Å². The summed E-state index contributed by atoms with van der Waals surface area (Å²) in [5, 5.41) is 8.46. The van der Waals surface area contributed by atoms with Crippen LogP contribution in [0.25, 0.3) is 0 Å². The van der Waals surface area contributed by atoms with Gasteiger partial charge in [-0.2, -0.15) is 0 Å². The first-order valence-corrected chi connectivity index (χ1v) is 6.46. The van der Waals surface area contributed by atoms with Gasteiger partial charge in [-0.15, -0.1) is 0 Å². The zero-order chi connectivity index (χ0) is 14.1. The van der Waals surface area contributed by atoms with E-state index in [0.29, 0.717) is 19.5 Å². The number of benzene rings is 1. The van der Waals surface area contributed by atoms with E-state index in [-0.39, 0.29) is 18.4 Å². The minimum absolute atomic E-state index is 0.00527. The van der Waals surface area contributed by atoms with Crippen molar-refractivity contribution in [3.63, 3.8) is 0 Å². The predicted molar refractivity (Wildman–Crippen MR) is 76.0 cm³/mol. The summed E-state index contributed by atoms with van der Waals surface area (Å²) < 4.78 is 0. The fourth-order valence-corrected chi connectivity index (χ4v) is 1.60. The molecule has 0 saturated heterocycles. The van der Waals surface area contributed by atoms with Crippen LogP contribution in [0.3, 0.4) is 0 Å². The first-order valence-electron chi connectivity index (χ1n) is 6.46. The number of aryl methyl sites for hydroxylation is 1. The number of carbonyl (C=O) groups excluding carboxylic acids is 2. The Morgan fingerprint density at radius 1 is 1.16 bits per heavy atom. The molecule has 104 valence electrons. The normalized spacial score (nSPS) is 10.0. The van der Waals surface area contributed by atoms with Crippen LogP contribution in [0.1, 0.15) is 18.9 Å². The van der Waals surface area contributed by atoms with E-state index in [1.807, 2.05) is 38.1 Å². The monoisotopic (exact) mass is 263 g/mol. The Balaban J connectivity index is 2.22. The number of para-hydroxylation sites is 1. The van der Waals surface area contributed by atoms with E-state index in [4.69, 9.17) is 0 Å². The minimum Gasteiger partial charge on any atom is -0.356 e. The van der Waals surface area contributed by atoms with Gasteiger partial charge in [0.15, 0.2) is 0 Å². The van der Waals surface area contributed by atoms with Gasteiger partial charge in [0, 0.05) is 25.2 Å². The number of hydrogen-bond donors (Lipinski definition) is 3. The van der Waals surface area contributed by atoms with Crippen molar-refractivity contribution in [2.24, 2.45) is 0 Å². The molecule has 2 amide bonds. The lowest BCUT2D eigenvalue weighted by molar-refractivity contribution is -0.121. The Morgan fingerprint density at radius 2 is 1.89 bits per heavy atom. The van der Waals surface area contributed by atoms with Crippen LogP contribution < -0.4 is 16.0 Å². The highest BCUT2D eigenvalue weighted by molar-refractivity contribution is 5.92. The minimum atomic E-state index is -0.106. The number of rotatable bonds is 7. The molecule has 0 fully saturated rings. The second-order valence-corrected chi connectivity index (χ2v) is 4.24. The third-order valence-electron chi connectivity index (χ3n) is 2.61. The lowest BCUT2D eigenvalue weighted by Gasteiger charge is -2.08. The van der Waals surface area contributed by atoms with Gasteiger partial charge in [0.05, 0.1) is 6.54 Å². The smallest absolute Gasteiger partial charge is 0.238 e. The van der Waals surface area contributed by atoms with E-state index in [2.05, 4.69) is 16.0 Å². The van der Waals surface area contributed by atoms with E-state index >= 15 is 0 Å². The lowest BCUT2D eigenvalue weighted by atomic mass is 10.2.